The van der Waals surface area contributed by atoms with Gasteiger partial charge >= 0.3 is 0 Å². The molecule has 0 radical (unpaired) electrons. The highest BCUT2D eigenvalue weighted by Gasteiger charge is 2.47. The van der Waals surface area contributed by atoms with Crippen molar-refractivity contribution in [1.29, 1.82) is 0 Å². The van der Waals surface area contributed by atoms with Crippen LogP contribution in [0, 0.1) is 17.3 Å². The number of benzene rings is 1. The van der Waals surface area contributed by atoms with E-state index >= 15 is 0 Å². The molecule has 0 amide bonds. The third-order valence-electron chi connectivity index (χ3n) is 8.33. The molecule has 2 nitrogen and oxygen atoms in total. The number of hydrogen-bond donors (Lipinski definition) is 1. The lowest BCUT2D eigenvalue weighted by molar-refractivity contribution is 0.131. The molecular formula is C28H37NO. The summed E-state index contributed by atoms with van der Waals surface area (Å²) in [5, 5.41) is 3.92. The van der Waals surface area contributed by atoms with E-state index in [2.05, 4.69) is 69.4 Å². The minimum Gasteiger partial charge on any atom is -0.496 e. The molecule has 1 aromatic carbocycles. The summed E-state index contributed by atoms with van der Waals surface area (Å²) in [7, 11) is 1.82. The van der Waals surface area contributed by atoms with Crippen molar-refractivity contribution in [2.24, 2.45) is 17.3 Å². The molecular weight excluding hydrogens is 366 g/mol. The second-order valence-electron chi connectivity index (χ2n) is 11.0. The van der Waals surface area contributed by atoms with Gasteiger partial charge in [-0.2, -0.15) is 0 Å². The predicted molar refractivity (Wildman–Crippen MR) is 126 cm³/mol. The van der Waals surface area contributed by atoms with Gasteiger partial charge in [-0.1, -0.05) is 62.1 Å². The van der Waals surface area contributed by atoms with Crippen LogP contribution in [-0.2, 0) is 6.42 Å². The molecule has 1 N–H and O–H groups in total. The topological polar surface area (TPSA) is 21.3 Å². The van der Waals surface area contributed by atoms with Crippen LogP contribution < -0.4 is 10.1 Å². The molecule has 3 aliphatic carbocycles. The molecule has 1 fully saturated rings. The quantitative estimate of drug-likeness (QED) is 0.571. The van der Waals surface area contributed by atoms with Gasteiger partial charge in [0.15, 0.2) is 0 Å². The maximum atomic E-state index is 5.87. The van der Waals surface area contributed by atoms with Crippen LogP contribution in [0.3, 0.4) is 0 Å². The lowest BCUT2D eigenvalue weighted by Gasteiger charge is -2.51. The first-order chi connectivity index (χ1) is 14.3. The van der Waals surface area contributed by atoms with E-state index in [0.29, 0.717) is 23.3 Å². The Morgan fingerprint density at radius 2 is 1.83 bits per heavy atom. The van der Waals surface area contributed by atoms with Gasteiger partial charge < -0.3 is 10.1 Å². The number of rotatable bonds is 2. The van der Waals surface area contributed by atoms with E-state index in [4.69, 9.17) is 4.74 Å². The number of ether oxygens (including phenoxy) is 1. The zero-order valence-electron chi connectivity index (χ0n) is 19.3. The summed E-state index contributed by atoms with van der Waals surface area (Å²) in [4.78, 5) is 0. The summed E-state index contributed by atoms with van der Waals surface area (Å²) in [6.45, 7) is 9.54. The van der Waals surface area contributed by atoms with Crippen molar-refractivity contribution in [3.8, 4) is 5.75 Å². The van der Waals surface area contributed by atoms with E-state index in [1.807, 2.05) is 7.11 Å². The minimum atomic E-state index is 0.0438. The molecule has 160 valence electrons. The van der Waals surface area contributed by atoms with E-state index in [0.717, 1.165) is 12.2 Å². The number of hydrogen-bond acceptors (Lipinski definition) is 2. The SMILES string of the molecule is COc1cccc2c1C1=C(C3C(C)=CC(C)(C)NC3C=C1)C(C1(C)CCCCC1)C2. The molecule has 0 spiro atoms. The van der Waals surface area contributed by atoms with Gasteiger partial charge in [-0.15, -0.1) is 0 Å². The summed E-state index contributed by atoms with van der Waals surface area (Å²) >= 11 is 0. The number of methoxy groups -OCH3 is 1. The first kappa shape index (κ1) is 20.1. The molecule has 1 aromatic rings. The Kier molecular flexibility index (Phi) is 4.78. The Morgan fingerprint density at radius 3 is 2.57 bits per heavy atom. The highest BCUT2D eigenvalue weighted by Crippen LogP contribution is 2.56. The van der Waals surface area contributed by atoms with Crippen LogP contribution in [0.5, 0.6) is 5.75 Å². The van der Waals surface area contributed by atoms with Gasteiger partial charge in [-0.25, -0.2) is 0 Å². The number of nitrogens with one attached hydrogen (secondary N) is 1. The van der Waals surface area contributed by atoms with E-state index < -0.39 is 0 Å². The second-order valence-corrected chi connectivity index (χ2v) is 11.0. The zero-order valence-corrected chi connectivity index (χ0v) is 19.3. The summed E-state index contributed by atoms with van der Waals surface area (Å²) in [6.07, 6.45) is 15.3. The van der Waals surface area contributed by atoms with Crippen molar-refractivity contribution in [2.75, 3.05) is 7.11 Å². The summed E-state index contributed by atoms with van der Waals surface area (Å²) in [6, 6.07) is 7.03. The van der Waals surface area contributed by atoms with Gasteiger partial charge in [0.25, 0.3) is 0 Å². The lowest BCUT2D eigenvalue weighted by Crippen LogP contribution is -2.54. The summed E-state index contributed by atoms with van der Waals surface area (Å²) < 4.78 is 5.87. The van der Waals surface area contributed by atoms with Gasteiger partial charge in [0.05, 0.1) is 7.11 Å². The Labute approximate surface area is 182 Å². The van der Waals surface area contributed by atoms with Crippen LogP contribution in [0.15, 0.2) is 47.6 Å². The molecule has 1 heterocycles. The van der Waals surface area contributed by atoms with Crippen LogP contribution in [-0.4, -0.2) is 18.7 Å². The molecule has 0 aromatic heterocycles. The largest absolute Gasteiger partial charge is 0.496 e. The van der Waals surface area contributed by atoms with Crippen LogP contribution in [0.4, 0.5) is 0 Å². The summed E-state index contributed by atoms with van der Waals surface area (Å²) in [5.41, 5.74) is 7.91. The molecule has 1 saturated carbocycles. The van der Waals surface area contributed by atoms with Crippen LogP contribution >= 0.6 is 0 Å². The van der Waals surface area contributed by atoms with Gasteiger partial charge in [-0.05, 0) is 74.1 Å². The Hall–Kier alpha value is -1.80. The fraction of sp³-hybridized carbons (Fsp3) is 0.571. The molecule has 1 aliphatic heterocycles. The fourth-order valence-corrected chi connectivity index (χ4v) is 7.07. The highest BCUT2D eigenvalue weighted by molar-refractivity contribution is 5.86. The number of fused-ring (bicyclic) bond motifs is 4. The molecule has 3 unspecified atom stereocenters. The van der Waals surface area contributed by atoms with Crippen molar-refractivity contribution in [2.45, 2.75) is 77.8 Å². The van der Waals surface area contributed by atoms with Crippen LogP contribution in [0.1, 0.15) is 70.9 Å². The first-order valence-corrected chi connectivity index (χ1v) is 11.9. The Morgan fingerprint density at radius 1 is 1.07 bits per heavy atom. The smallest absolute Gasteiger partial charge is 0.126 e. The first-order valence-electron chi connectivity index (χ1n) is 11.9. The third-order valence-corrected chi connectivity index (χ3v) is 8.33. The average Bonchev–Trinajstić information content (AvgIpc) is 2.71. The minimum absolute atomic E-state index is 0.0438. The molecule has 5 rings (SSSR count). The van der Waals surface area contributed by atoms with Gasteiger partial charge in [0, 0.05) is 23.1 Å². The molecule has 4 aliphatic rings. The Balaban J connectivity index is 1.73. The standard InChI is InChI=1S/C28H37NO/c1-18-17-27(2,3)29-22-13-12-20-25-19(10-9-11-23(25)30-5)16-21(26(20)24(18)22)28(4)14-7-6-8-15-28/h9-13,17,21-22,24,29H,6-8,14-16H2,1-5H3. The molecule has 30 heavy (non-hydrogen) atoms. The third kappa shape index (κ3) is 3.11. The van der Waals surface area contributed by atoms with Gasteiger partial charge in [0.2, 0.25) is 0 Å². The molecule has 3 atom stereocenters. The van der Waals surface area contributed by atoms with Gasteiger partial charge in [0.1, 0.15) is 5.75 Å². The molecule has 0 bridgehead atoms. The van der Waals surface area contributed by atoms with Crippen molar-refractivity contribution in [1.82, 2.24) is 5.32 Å². The van der Waals surface area contributed by atoms with E-state index in [9.17, 15) is 0 Å². The summed E-state index contributed by atoms with van der Waals surface area (Å²) in [5.74, 6) is 2.09. The fourth-order valence-electron chi connectivity index (χ4n) is 7.07. The van der Waals surface area contributed by atoms with E-state index in [-0.39, 0.29) is 5.54 Å². The van der Waals surface area contributed by atoms with Crippen LogP contribution in [0.25, 0.3) is 5.57 Å². The predicted octanol–water partition coefficient (Wildman–Crippen LogP) is 6.47. The van der Waals surface area contributed by atoms with Crippen LogP contribution in [0.2, 0.25) is 0 Å². The maximum absolute atomic E-state index is 5.87. The second kappa shape index (κ2) is 7.12. The number of allylic oxidation sites excluding steroid dienone is 2. The van der Waals surface area contributed by atoms with Crippen molar-refractivity contribution < 1.29 is 4.74 Å². The molecule has 0 saturated heterocycles. The van der Waals surface area contributed by atoms with Crippen molar-refractivity contribution >= 4 is 5.57 Å². The maximum Gasteiger partial charge on any atom is 0.126 e. The van der Waals surface area contributed by atoms with Crippen molar-refractivity contribution in [3.63, 3.8) is 0 Å². The monoisotopic (exact) mass is 403 g/mol. The van der Waals surface area contributed by atoms with Gasteiger partial charge in [-0.3, -0.25) is 0 Å². The lowest BCUT2D eigenvalue weighted by atomic mass is 9.55. The Bertz CT molecular complexity index is 941. The highest BCUT2D eigenvalue weighted by atomic mass is 16.5. The van der Waals surface area contributed by atoms with Crippen molar-refractivity contribution in [3.05, 3.63) is 58.7 Å². The van der Waals surface area contributed by atoms with E-state index in [1.165, 1.54) is 54.4 Å². The average molecular weight is 404 g/mol. The van der Waals surface area contributed by atoms with E-state index in [1.54, 1.807) is 5.57 Å². The normalized spacial score (nSPS) is 31.4. The zero-order chi connectivity index (χ0) is 21.1. The molecule has 2 heteroatoms.